The smallest absolute Gasteiger partial charge is 0.165 e. The van der Waals surface area contributed by atoms with Crippen molar-refractivity contribution >= 4 is 0 Å². The molecule has 1 radical (unpaired) electrons. The zero-order chi connectivity index (χ0) is 7.56. The first kappa shape index (κ1) is 6.99. The zero-order valence-electron chi connectivity index (χ0n) is 5.32. The highest BCUT2D eigenvalue weighted by molar-refractivity contribution is 5.22. The lowest BCUT2D eigenvalue weighted by atomic mass is 10.3. The van der Waals surface area contributed by atoms with E-state index in [-0.39, 0.29) is 5.75 Å². The Labute approximate surface area is 57.2 Å². The van der Waals surface area contributed by atoms with E-state index >= 15 is 0 Å². The van der Waals surface area contributed by atoms with Gasteiger partial charge in [-0.05, 0) is 12.1 Å². The van der Waals surface area contributed by atoms with Crippen LogP contribution in [0.3, 0.4) is 0 Å². The second-order valence-corrected chi connectivity index (χ2v) is 1.69. The first-order chi connectivity index (χ1) is 4.74. The van der Waals surface area contributed by atoms with Crippen LogP contribution in [0.15, 0.2) is 12.1 Å². The number of hydrogen-bond acceptors (Lipinski definition) is 1. The zero-order valence-corrected chi connectivity index (χ0v) is 5.32. The summed E-state index contributed by atoms with van der Waals surface area (Å²) in [6.07, 6.45) is 0. The highest BCUT2D eigenvalue weighted by Gasteiger charge is 2.02. The SMILES string of the molecule is COc1[c]c(F)ccc1F. The Kier molecular flexibility index (Phi) is 1.85. The molecule has 10 heavy (non-hydrogen) atoms. The van der Waals surface area contributed by atoms with Crippen molar-refractivity contribution in [1.29, 1.82) is 0 Å². The molecule has 0 unspecified atom stereocenters. The minimum Gasteiger partial charge on any atom is -0.493 e. The van der Waals surface area contributed by atoms with Crippen molar-refractivity contribution in [3.8, 4) is 5.75 Å². The Bertz CT molecular complexity index is 235. The van der Waals surface area contributed by atoms with E-state index in [1.165, 1.54) is 7.11 Å². The predicted molar refractivity (Wildman–Crippen MR) is 31.7 cm³/mol. The van der Waals surface area contributed by atoms with Crippen LogP contribution in [0.25, 0.3) is 0 Å². The fraction of sp³-hybridized carbons (Fsp3) is 0.143. The quantitative estimate of drug-likeness (QED) is 0.582. The molecule has 1 rings (SSSR count). The molecule has 1 aromatic carbocycles. The van der Waals surface area contributed by atoms with E-state index in [1.54, 1.807) is 0 Å². The molecular formula is C7H5F2O. The van der Waals surface area contributed by atoms with Gasteiger partial charge in [-0.15, -0.1) is 0 Å². The molecule has 0 atom stereocenters. The van der Waals surface area contributed by atoms with Crippen molar-refractivity contribution in [3.05, 3.63) is 29.8 Å². The van der Waals surface area contributed by atoms with Gasteiger partial charge in [-0.2, -0.15) is 0 Å². The Balaban J connectivity index is 3.09. The van der Waals surface area contributed by atoms with Crippen LogP contribution in [0, 0.1) is 17.7 Å². The Morgan fingerprint density at radius 1 is 1.40 bits per heavy atom. The van der Waals surface area contributed by atoms with Crippen LogP contribution in [0.4, 0.5) is 8.78 Å². The van der Waals surface area contributed by atoms with E-state index in [1.807, 2.05) is 0 Å². The number of methoxy groups -OCH3 is 1. The molecule has 3 heteroatoms. The molecule has 1 nitrogen and oxygen atoms in total. The van der Waals surface area contributed by atoms with Crippen LogP contribution in [0.1, 0.15) is 0 Å². The summed E-state index contributed by atoms with van der Waals surface area (Å²) in [7, 11) is 1.26. The molecule has 0 fully saturated rings. The lowest BCUT2D eigenvalue weighted by Gasteiger charge is -1.98. The molecule has 53 valence electrons. The van der Waals surface area contributed by atoms with E-state index in [0.717, 1.165) is 12.1 Å². The summed E-state index contributed by atoms with van der Waals surface area (Å²) in [5.41, 5.74) is 0. The van der Waals surface area contributed by atoms with Gasteiger partial charge in [0.05, 0.1) is 13.2 Å². The third kappa shape index (κ3) is 1.23. The van der Waals surface area contributed by atoms with Crippen molar-refractivity contribution in [1.82, 2.24) is 0 Å². The number of hydrogen-bond donors (Lipinski definition) is 0. The summed E-state index contributed by atoms with van der Waals surface area (Å²) in [5.74, 6) is -1.43. The van der Waals surface area contributed by atoms with Gasteiger partial charge in [0, 0.05) is 0 Å². The molecule has 0 aliphatic carbocycles. The average molecular weight is 143 g/mol. The molecule has 0 saturated heterocycles. The minimum absolute atomic E-state index is 0.194. The van der Waals surface area contributed by atoms with Gasteiger partial charge in [-0.3, -0.25) is 0 Å². The third-order valence-electron chi connectivity index (χ3n) is 1.03. The van der Waals surface area contributed by atoms with Crippen molar-refractivity contribution in [3.63, 3.8) is 0 Å². The van der Waals surface area contributed by atoms with E-state index < -0.39 is 11.6 Å². The highest BCUT2D eigenvalue weighted by atomic mass is 19.1. The maximum Gasteiger partial charge on any atom is 0.165 e. The number of halogens is 2. The number of ether oxygens (including phenoxy) is 1. The van der Waals surface area contributed by atoms with Gasteiger partial charge < -0.3 is 4.74 Å². The summed E-state index contributed by atoms with van der Waals surface area (Å²) < 4.78 is 29.1. The molecule has 0 saturated carbocycles. The molecule has 0 aliphatic heterocycles. The first-order valence-electron chi connectivity index (χ1n) is 2.65. The second-order valence-electron chi connectivity index (χ2n) is 1.69. The molecule has 1 aromatic rings. The molecule has 0 spiro atoms. The van der Waals surface area contributed by atoms with Crippen LogP contribution in [-0.4, -0.2) is 7.11 Å². The summed E-state index contributed by atoms with van der Waals surface area (Å²) in [4.78, 5) is 0. The Morgan fingerprint density at radius 2 is 2.10 bits per heavy atom. The van der Waals surface area contributed by atoms with Crippen molar-refractivity contribution in [2.45, 2.75) is 0 Å². The van der Waals surface area contributed by atoms with Gasteiger partial charge in [0.2, 0.25) is 0 Å². The van der Waals surface area contributed by atoms with Crippen molar-refractivity contribution in [2.24, 2.45) is 0 Å². The highest BCUT2D eigenvalue weighted by Crippen LogP contribution is 2.15. The monoisotopic (exact) mass is 143 g/mol. The second kappa shape index (κ2) is 2.64. The average Bonchev–Trinajstić information content (AvgIpc) is 1.94. The maximum absolute atomic E-state index is 12.4. The van der Waals surface area contributed by atoms with E-state index in [2.05, 4.69) is 10.8 Å². The fourth-order valence-corrected chi connectivity index (χ4v) is 0.580. The summed E-state index contributed by atoms with van der Waals surface area (Å²) in [6, 6.07) is 4.04. The molecule has 0 amide bonds. The lowest BCUT2D eigenvalue weighted by molar-refractivity contribution is 0.381. The number of rotatable bonds is 1. The molecule has 0 aliphatic rings. The summed E-state index contributed by atoms with van der Waals surface area (Å²) in [6.45, 7) is 0. The topological polar surface area (TPSA) is 9.23 Å². The standard InChI is InChI=1S/C7H5F2O/c1-10-7-4-5(8)2-3-6(7)9/h2-3H,1H3. The van der Waals surface area contributed by atoms with E-state index in [0.29, 0.717) is 0 Å². The van der Waals surface area contributed by atoms with Crippen LogP contribution >= 0.6 is 0 Å². The van der Waals surface area contributed by atoms with Crippen LogP contribution < -0.4 is 4.74 Å². The van der Waals surface area contributed by atoms with Gasteiger partial charge in [0.15, 0.2) is 11.6 Å². The van der Waals surface area contributed by atoms with Gasteiger partial charge in [0.1, 0.15) is 5.82 Å². The lowest BCUT2D eigenvalue weighted by Crippen LogP contribution is -1.88. The predicted octanol–water partition coefficient (Wildman–Crippen LogP) is 1.77. The summed E-state index contributed by atoms with van der Waals surface area (Å²) >= 11 is 0. The first-order valence-corrected chi connectivity index (χ1v) is 2.65. The van der Waals surface area contributed by atoms with Crippen LogP contribution in [0.5, 0.6) is 5.75 Å². The molecule has 0 N–H and O–H groups in total. The Morgan fingerprint density at radius 3 is 2.60 bits per heavy atom. The van der Waals surface area contributed by atoms with Gasteiger partial charge in [-0.1, -0.05) is 0 Å². The van der Waals surface area contributed by atoms with E-state index in [4.69, 9.17) is 0 Å². The van der Waals surface area contributed by atoms with Gasteiger partial charge in [0.25, 0.3) is 0 Å². The summed E-state index contributed by atoms with van der Waals surface area (Å²) in [5, 5.41) is 0. The third-order valence-corrected chi connectivity index (χ3v) is 1.03. The molecule has 0 bridgehead atoms. The van der Waals surface area contributed by atoms with Crippen LogP contribution in [0.2, 0.25) is 0 Å². The van der Waals surface area contributed by atoms with E-state index in [9.17, 15) is 8.78 Å². The molecule has 0 aromatic heterocycles. The molecular weight excluding hydrogens is 138 g/mol. The molecule has 0 heterocycles. The van der Waals surface area contributed by atoms with Crippen molar-refractivity contribution < 1.29 is 13.5 Å². The number of benzene rings is 1. The Hall–Kier alpha value is -1.12. The largest absolute Gasteiger partial charge is 0.493 e. The van der Waals surface area contributed by atoms with Crippen LogP contribution in [-0.2, 0) is 0 Å². The minimum atomic E-state index is -0.627. The van der Waals surface area contributed by atoms with Gasteiger partial charge in [-0.25, -0.2) is 8.78 Å². The normalized spacial score (nSPS) is 9.50. The van der Waals surface area contributed by atoms with Gasteiger partial charge >= 0.3 is 0 Å². The fourth-order valence-electron chi connectivity index (χ4n) is 0.580. The van der Waals surface area contributed by atoms with Crippen molar-refractivity contribution in [2.75, 3.05) is 7.11 Å². The maximum atomic E-state index is 12.4.